The average Bonchev–Trinajstić information content (AvgIpc) is 2.81. The number of benzene rings is 1. The summed E-state index contributed by atoms with van der Waals surface area (Å²) >= 11 is 0. The zero-order valence-electron chi connectivity index (χ0n) is 10.6. The standard InChI is InChI=1S/C14H19N3O/c1-2-6-14-13(15-9-10-18)11-16-17(14)12-7-4-3-5-8-12/h3-5,7-8,11,15,18H,2,6,9-10H2,1H3. The molecule has 0 saturated carbocycles. The Bertz CT molecular complexity index is 479. The van der Waals surface area contributed by atoms with E-state index in [1.807, 2.05) is 41.2 Å². The lowest BCUT2D eigenvalue weighted by Gasteiger charge is -2.09. The normalized spacial score (nSPS) is 10.6. The van der Waals surface area contributed by atoms with Gasteiger partial charge in [-0.1, -0.05) is 31.5 Å². The molecular formula is C14H19N3O. The van der Waals surface area contributed by atoms with Crippen LogP contribution >= 0.6 is 0 Å². The van der Waals surface area contributed by atoms with Crippen molar-refractivity contribution in [2.24, 2.45) is 0 Å². The fourth-order valence-corrected chi connectivity index (χ4v) is 1.98. The molecule has 0 aliphatic rings. The number of anilines is 1. The first-order chi connectivity index (χ1) is 8.86. The highest BCUT2D eigenvalue weighted by Gasteiger charge is 2.10. The molecule has 4 nitrogen and oxygen atoms in total. The van der Waals surface area contributed by atoms with E-state index >= 15 is 0 Å². The SMILES string of the molecule is CCCc1c(NCCO)cnn1-c1ccccc1. The molecule has 0 aliphatic heterocycles. The quantitative estimate of drug-likeness (QED) is 0.820. The van der Waals surface area contributed by atoms with Crippen LogP contribution in [0.15, 0.2) is 36.5 Å². The van der Waals surface area contributed by atoms with Gasteiger partial charge in [0.25, 0.3) is 0 Å². The molecule has 0 aliphatic carbocycles. The maximum Gasteiger partial charge on any atom is 0.0764 e. The van der Waals surface area contributed by atoms with Gasteiger partial charge in [0.1, 0.15) is 0 Å². The largest absolute Gasteiger partial charge is 0.395 e. The van der Waals surface area contributed by atoms with Crippen molar-refractivity contribution in [3.63, 3.8) is 0 Å². The summed E-state index contributed by atoms with van der Waals surface area (Å²) in [7, 11) is 0. The van der Waals surface area contributed by atoms with Gasteiger partial charge in [0, 0.05) is 6.54 Å². The molecule has 0 spiro atoms. The van der Waals surface area contributed by atoms with E-state index in [9.17, 15) is 0 Å². The van der Waals surface area contributed by atoms with Gasteiger partial charge in [0.2, 0.25) is 0 Å². The Balaban J connectivity index is 2.32. The fraction of sp³-hybridized carbons (Fsp3) is 0.357. The van der Waals surface area contributed by atoms with Gasteiger partial charge in [-0.25, -0.2) is 4.68 Å². The van der Waals surface area contributed by atoms with Crippen LogP contribution in [0.5, 0.6) is 0 Å². The minimum Gasteiger partial charge on any atom is -0.395 e. The molecule has 1 heterocycles. The van der Waals surface area contributed by atoms with Crippen LogP contribution < -0.4 is 5.32 Å². The van der Waals surface area contributed by atoms with Crippen molar-refractivity contribution in [1.29, 1.82) is 0 Å². The summed E-state index contributed by atoms with van der Waals surface area (Å²) in [6, 6.07) is 10.1. The third-order valence-corrected chi connectivity index (χ3v) is 2.78. The third-order valence-electron chi connectivity index (χ3n) is 2.78. The van der Waals surface area contributed by atoms with Gasteiger partial charge < -0.3 is 10.4 Å². The van der Waals surface area contributed by atoms with Crippen LogP contribution in [-0.4, -0.2) is 28.0 Å². The van der Waals surface area contributed by atoms with Crippen LogP contribution in [0.2, 0.25) is 0 Å². The highest BCUT2D eigenvalue weighted by atomic mass is 16.3. The van der Waals surface area contributed by atoms with Gasteiger partial charge in [-0.3, -0.25) is 0 Å². The van der Waals surface area contributed by atoms with Crippen molar-refractivity contribution in [2.75, 3.05) is 18.5 Å². The number of para-hydroxylation sites is 1. The number of hydrogen-bond acceptors (Lipinski definition) is 3. The number of rotatable bonds is 6. The molecule has 4 heteroatoms. The minimum atomic E-state index is 0.127. The van der Waals surface area contributed by atoms with Crippen LogP contribution in [0.25, 0.3) is 5.69 Å². The van der Waals surface area contributed by atoms with Crippen molar-refractivity contribution < 1.29 is 5.11 Å². The number of nitrogens with one attached hydrogen (secondary N) is 1. The smallest absolute Gasteiger partial charge is 0.0764 e. The van der Waals surface area contributed by atoms with Gasteiger partial charge in [-0.2, -0.15) is 5.10 Å². The molecule has 96 valence electrons. The summed E-state index contributed by atoms with van der Waals surface area (Å²) in [5.74, 6) is 0. The van der Waals surface area contributed by atoms with E-state index in [1.165, 1.54) is 0 Å². The van der Waals surface area contributed by atoms with Crippen molar-refractivity contribution >= 4 is 5.69 Å². The lowest BCUT2D eigenvalue weighted by molar-refractivity contribution is 0.311. The zero-order valence-corrected chi connectivity index (χ0v) is 10.6. The van der Waals surface area contributed by atoms with E-state index in [2.05, 4.69) is 17.3 Å². The molecule has 0 radical (unpaired) electrons. The summed E-state index contributed by atoms with van der Waals surface area (Å²) in [6.45, 7) is 2.83. The summed E-state index contributed by atoms with van der Waals surface area (Å²) in [6.07, 6.45) is 3.85. The molecule has 1 aromatic heterocycles. The van der Waals surface area contributed by atoms with Gasteiger partial charge >= 0.3 is 0 Å². The predicted molar refractivity (Wildman–Crippen MR) is 73.1 cm³/mol. The van der Waals surface area contributed by atoms with Gasteiger partial charge in [0.15, 0.2) is 0 Å². The molecule has 2 N–H and O–H groups in total. The Morgan fingerprint density at radius 3 is 2.72 bits per heavy atom. The number of nitrogens with zero attached hydrogens (tertiary/aromatic N) is 2. The second kappa shape index (κ2) is 6.21. The Labute approximate surface area is 107 Å². The fourth-order valence-electron chi connectivity index (χ4n) is 1.98. The van der Waals surface area contributed by atoms with E-state index in [1.54, 1.807) is 0 Å². The summed E-state index contributed by atoms with van der Waals surface area (Å²) in [5.41, 5.74) is 3.24. The Morgan fingerprint density at radius 1 is 1.28 bits per heavy atom. The monoisotopic (exact) mass is 245 g/mol. The molecule has 1 aromatic carbocycles. The van der Waals surface area contributed by atoms with Crippen molar-refractivity contribution in [2.45, 2.75) is 19.8 Å². The molecular weight excluding hydrogens is 226 g/mol. The average molecular weight is 245 g/mol. The van der Waals surface area contributed by atoms with Crippen LogP contribution in [0, 0.1) is 0 Å². The van der Waals surface area contributed by atoms with Crippen molar-refractivity contribution in [3.8, 4) is 5.69 Å². The van der Waals surface area contributed by atoms with E-state index < -0.39 is 0 Å². The Hall–Kier alpha value is -1.81. The molecule has 0 bridgehead atoms. The molecule has 0 atom stereocenters. The first-order valence-electron chi connectivity index (χ1n) is 6.34. The van der Waals surface area contributed by atoms with E-state index in [0.717, 1.165) is 29.9 Å². The van der Waals surface area contributed by atoms with Crippen LogP contribution in [0.4, 0.5) is 5.69 Å². The zero-order chi connectivity index (χ0) is 12.8. The van der Waals surface area contributed by atoms with Gasteiger partial charge in [0.05, 0.1) is 29.9 Å². The Morgan fingerprint density at radius 2 is 2.06 bits per heavy atom. The number of aliphatic hydroxyl groups excluding tert-OH is 1. The molecule has 2 rings (SSSR count). The maximum absolute atomic E-state index is 8.88. The van der Waals surface area contributed by atoms with Gasteiger partial charge in [-0.15, -0.1) is 0 Å². The minimum absolute atomic E-state index is 0.127. The van der Waals surface area contributed by atoms with Gasteiger partial charge in [-0.05, 0) is 18.6 Å². The summed E-state index contributed by atoms with van der Waals surface area (Å²) < 4.78 is 1.96. The Kier molecular flexibility index (Phi) is 4.36. The lowest BCUT2D eigenvalue weighted by Crippen LogP contribution is -2.08. The summed E-state index contributed by atoms with van der Waals surface area (Å²) in [4.78, 5) is 0. The van der Waals surface area contributed by atoms with E-state index in [4.69, 9.17) is 5.11 Å². The molecule has 0 unspecified atom stereocenters. The highest BCUT2D eigenvalue weighted by Crippen LogP contribution is 2.20. The van der Waals surface area contributed by atoms with E-state index in [0.29, 0.717) is 6.54 Å². The van der Waals surface area contributed by atoms with Crippen molar-refractivity contribution in [3.05, 3.63) is 42.2 Å². The molecule has 18 heavy (non-hydrogen) atoms. The lowest BCUT2D eigenvalue weighted by atomic mass is 10.2. The molecule has 2 aromatic rings. The third kappa shape index (κ3) is 2.71. The van der Waals surface area contributed by atoms with E-state index in [-0.39, 0.29) is 6.61 Å². The molecule has 0 saturated heterocycles. The molecule has 0 fully saturated rings. The van der Waals surface area contributed by atoms with Crippen LogP contribution in [-0.2, 0) is 6.42 Å². The second-order valence-corrected chi connectivity index (χ2v) is 4.15. The number of aliphatic hydroxyl groups is 1. The highest BCUT2D eigenvalue weighted by molar-refractivity contribution is 5.50. The van der Waals surface area contributed by atoms with Crippen LogP contribution in [0.1, 0.15) is 19.0 Å². The number of hydrogen-bond donors (Lipinski definition) is 2. The number of aromatic nitrogens is 2. The maximum atomic E-state index is 8.88. The first kappa shape index (κ1) is 12.6. The second-order valence-electron chi connectivity index (χ2n) is 4.15. The topological polar surface area (TPSA) is 50.1 Å². The first-order valence-corrected chi connectivity index (χ1v) is 6.34. The predicted octanol–water partition coefficient (Wildman–Crippen LogP) is 2.23. The summed E-state index contributed by atoms with van der Waals surface area (Å²) in [5, 5.41) is 16.5. The van der Waals surface area contributed by atoms with Crippen LogP contribution in [0.3, 0.4) is 0 Å². The molecule has 0 amide bonds. The van der Waals surface area contributed by atoms with Crippen molar-refractivity contribution in [1.82, 2.24) is 9.78 Å².